The fourth-order valence-electron chi connectivity index (χ4n) is 2.39. The molecule has 0 fully saturated rings. The number of rotatable bonds is 6. The van der Waals surface area contributed by atoms with Crippen molar-refractivity contribution in [2.45, 2.75) is 0 Å². The van der Waals surface area contributed by atoms with Gasteiger partial charge in [0.1, 0.15) is 0 Å². The molecule has 0 heterocycles. The Morgan fingerprint density at radius 1 is 0.759 bits per heavy atom. The molecule has 3 aromatic rings. The highest BCUT2D eigenvalue weighted by Gasteiger charge is 1.98. The average Bonchev–Trinajstić information content (AvgIpc) is 2.70. The van der Waals surface area contributed by atoms with Crippen molar-refractivity contribution in [3.63, 3.8) is 0 Å². The lowest BCUT2D eigenvalue weighted by Crippen LogP contribution is -2.21. The minimum atomic E-state index is -0.0696. The highest BCUT2D eigenvalue weighted by molar-refractivity contribution is 6.30. The Hall–Kier alpha value is -3.35. The second-order valence-corrected chi connectivity index (χ2v) is 6.33. The molecule has 148 valence electrons. The van der Waals surface area contributed by atoms with Crippen LogP contribution in [0.15, 0.2) is 88.1 Å². The molecule has 6 nitrogen and oxygen atoms in total. The first-order valence-corrected chi connectivity index (χ1v) is 8.85. The minimum absolute atomic E-state index is 0. The zero-order valence-corrected chi connectivity index (χ0v) is 16.9. The van der Waals surface area contributed by atoms with E-state index in [-0.39, 0.29) is 18.4 Å². The summed E-state index contributed by atoms with van der Waals surface area (Å²) in [5.74, 6) is -0.0696. The smallest absolute Gasteiger partial charge is 0.211 e. The van der Waals surface area contributed by atoms with Gasteiger partial charge in [-0.1, -0.05) is 60.1 Å². The fraction of sp³-hybridized carbons (Fsp3) is 0. The van der Waals surface area contributed by atoms with Crippen LogP contribution >= 0.6 is 24.0 Å². The van der Waals surface area contributed by atoms with E-state index in [0.29, 0.717) is 5.02 Å². The minimum Gasteiger partial charge on any atom is -0.369 e. The van der Waals surface area contributed by atoms with Gasteiger partial charge in [-0.25, -0.2) is 0 Å². The zero-order chi connectivity index (χ0) is 19.8. The Morgan fingerprint density at radius 3 is 1.79 bits per heavy atom. The molecular weight excluding hydrogens is 407 g/mol. The van der Waals surface area contributed by atoms with Gasteiger partial charge >= 0.3 is 0 Å². The Balaban J connectivity index is 0.00000300. The van der Waals surface area contributed by atoms with E-state index < -0.39 is 0 Å². The topological polar surface area (TPSA) is 101 Å². The van der Waals surface area contributed by atoms with E-state index in [1.807, 2.05) is 72.8 Å². The molecule has 0 saturated carbocycles. The van der Waals surface area contributed by atoms with Crippen LogP contribution in [0.3, 0.4) is 0 Å². The Morgan fingerprint density at radius 2 is 1.28 bits per heavy atom. The summed E-state index contributed by atoms with van der Waals surface area (Å²) < 4.78 is 0. The summed E-state index contributed by atoms with van der Waals surface area (Å²) >= 11 is 5.86. The van der Waals surface area contributed by atoms with E-state index >= 15 is 0 Å². The van der Waals surface area contributed by atoms with Crippen LogP contribution in [0.5, 0.6) is 0 Å². The molecule has 3 aromatic carbocycles. The summed E-state index contributed by atoms with van der Waals surface area (Å²) in [6.07, 6.45) is 3.36. The summed E-state index contributed by atoms with van der Waals surface area (Å²) in [5.41, 5.74) is 18.4. The molecular formula is C21H20Cl2N6. The molecule has 0 amide bonds. The monoisotopic (exact) mass is 426 g/mol. The summed E-state index contributed by atoms with van der Waals surface area (Å²) in [5, 5.41) is 12.3. The van der Waals surface area contributed by atoms with Crippen molar-refractivity contribution in [3.8, 4) is 11.1 Å². The van der Waals surface area contributed by atoms with Crippen LogP contribution in [0, 0.1) is 0 Å². The van der Waals surface area contributed by atoms with Crippen LogP contribution in [-0.2, 0) is 0 Å². The molecule has 8 heteroatoms. The van der Waals surface area contributed by atoms with E-state index in [9.17, 15) is 0 Å². The highest BCUT2D eigenvalue weighted by atomic mass is 35.5. The number of guanidine groups is 1. The number of hydrogen-bond acceptors (Lipinski definition) is 4. The van der Waals surface area contributed by atoms with Crippen molar-refractivity contribution in [3.05, 3.63) is 88.9 Å². The Bertz CT molecular complexity index is 991. The molecule has 0 bridgehead atoms. The summed E-state index contributed by atoms with van der Waals surface area (Å²) in [6.45, 7) is 0. The number of hydrazone groups is 1. The third-order valence-corrected chi connectivity index (χ3v) is 4.04. The quantitative estimate of drug-likeness (QED) is 0.307. The predicted molar refractivity (Wildman–Crippen MR) is 125 cm³/mol. The van der Waals surface area contributed by atoms with Crippen molar-refractivity contribution in [2.75, 3.05) is 5.43 Å². The number of nitrogens with two attached hydrogens (primary N) is 2. The van der Waals surface area contributed by atoms with Gasteiger partial charge in [-0.2, -0.15) is 10.2 Å². The van der Waals surface area contributed by atoms with Gasteiger partial charge in [0.2, 0.25) is 5.96 Å². The molecule has 0 aliphatic carbocycles. The second kappa shape index (κ2) is 10.8. The molecule has 0 radical (unpaired) electrons. The van der Waals surface area contributed by atoms with Gasteiger partial charge in [0, 0.05) is 5.02 Å². The summed E-state index contributed by atoms with van der Waals surface area (Å²) in [6, 6.07) is 23.4. The lowest BCUT2D eigenvalue weighted by molar-refractivity contribution is 1.21. The van der Waals surface area contributed by atoms with E-state index in [2.05, 4.69) is 20.7 Å². The van der Waals surface area contributed by atoms with Crippen molar-refractivity contribution in [1.82, 2.24) is 0 Å². The van der Waals surface area contributed by atoms with E-state index in [4.69, 9.17) is 23.1 Å². The third-order valence-electron chi connectivity index (χ3n) is 3.79. The first-order valence-electron chi connectivity index (χ1n) is 8.47. The van der Waals surface area contributed by atoms with Crippen molar-refractivity contribution >= 4 is 48.1 Å². The molecule has 0 spiro atoms. The number of benzene rings is 3. The standard InChI is InChI=1S/C21H19ClN6.ClH/c22-19-9-11-20(12-10-19)27-25-13-15-1-5-17(6-2-15)18-7-3-16(4-8-18)14-26-28-21(23)24;/h1-14,27H,(H4,23,24,28);1H/b25-13+,26-14?;. The van der Waals surface area contributed by atoms with Crippen molar-refractivity contribution in [1.29, 1.82) is 0 Å². The van der Waals surface area contributed by atoms with E-state index in [1.54, 1.807) is 12.4 Å². The molecule has 0 aliphatic rings. The van der Waals surface area contributed by atoms with Gasteiger partial charge in [0.25, 0.3) is 0 Å². The molecule has 0 saturated heterocycles. The van der Waals surface area contributed by atoms with E-state index in [0.717, 1.165) is 27.9 Å². The maximum Gasteiger partial charge on any atom is 0.211 e. The molecule has 0 unspecified atom stereocenters. The number of hydrogen-bond donors (Lipinski definition) is 3. The average molecular weight is 427 g/mol. The van der Waals surface area contributed by atoms with Gasteiger partial charge in [-0.05, 0) is 46.5 Å². The summed E-state index contributed by atoms with van der Waals surface area (Å²) in [4.78, 5) is 0. The number of nitrogens with one attached hydrogen (secondary N) is 1. The molecule has 3 rings (SSSR count). The molecule has 0 aliphatic heterocycles. The van der Waals surface area contributed by atoms with Crippen LogP contribution in [0.4, 0.5) is 5.69 Å². The van der Waals surface area contributed by atoms with Crippen LogP contribution in [0.2, 0.25) is 5.02 Å². The Kier molecular flexibility index (Phi) is 8.21. The van der Waals surface area contributed by atoms with E-state index in [1.165, 1.54) is 0 Å². The largest absolute Gasteiger partial charge is 0.369 e. The number of nitrogens with zero attached hydrogens (tertiary/aromatic N) is 3. The maximum absolute atomic E-state index is 5.86. The van der Waals surface area contributed by atoms with Crippen LogP contribution in [0.25, 0.3) is 11.1 Å². The van der Waals surface area contributed by atoms with Gasteiger partial charge in [0.15, 0.2) is 0 Å². The van der Waals surface area contributed by atoms with Crippen LogP contribution < -0.4 is 16.9 Å². The molecule has 0 atom stereocenters. The first-order chi connectivity index (χ1) is 13.6. The number of anilines is 1. The molecule has 29 heavy (non-hydrogen) atoms. The zero-order valence-electron chi connectivity index (χ0n) is 15.4. The second-order valence-electron chi connectivity index (χ2n) is 5.89. The lowest BCUT2D eigenvalue weighted by atomic mass is 10.0. The van der Waals surface area contributed by atoms with Gasteiger partial charge < -0.3 is 11.5 Å². The first kappa shape index (κ1) is 21.9. The summed E-state index contributed by atoms with van der Waals surface area (Å²) in [7, 11) is 0. The number of halogens is 2. The highest BCUT2D eigenvalue weighted by Crippen LogP contribution is 2.20. The third kappa shape index (κ3) is 6.95. The lowest BCUT2D eigenvalue weighted by Gasteiger charge is -2.03. The molecule has 5 N–H and O–H groups in total. The van der Waals surface area contributed by atoms with Gasteiger partial charge in [0.05, 0.1) is 18.1 Å². The van der Waals surface area contributed by atoms with Gasteiger partial charge in [-0.15, -0.1) is 17.5 Å². The fourth-order valence-corrected chi connectivity index (χ4v) is 2.52. The van der Waals surface area contributed by atoms with Crippen LogP contribution in [-0.4, -0.2) is 18.4 Å². The van der Waals surface area contributed by atoms with Crippen molar-refractivity contribution < 1.29 is 0 Å². The normalized spacial score (nSPS) is 10.7. The predicted octanol–water partition coefficient (Wildman–Crippen LogP) is 4.48. The maximum atomic E-state index is 5.86. The van der Waals surface area contributed by atoms with Crippen molar-refractivity contribution in [2.24, 2.45) is 26.8 Å². The SMILES string of the molecule is Cl.NC(N)=NN=Cc1ccc(-c2ccc(/C=N/Nc3ccc(Cl)cc3)cc2)cc1. The van der Waals surface area contributed by atoms with Gasteiger partial charge in [-0.3, -0.25) is 5.43 Å². The Labute approximate surface area is 180 Å². The van der Waals surface area contributed by atoms with Crippen LogP contribution in [0.1, 0.15) is 11.1 Å². The molecule has 0 aromatic heterocycles.